The van der Waals surface area contributed by atoms with Gasteiger partial charge in [0, 0.05) is 6.20 Å². The molecule has 4 nitrogen and oxygen atoms in total. The normalized spacial score (nSPS) is 12.8. The Morgan fingerprint density at radius 3 is 2.16 bits per heavy atom. The van der Waals surface area contributed by atoms with Crippen LogP contribution >= 0.6 is 0 Å². The van der Waals surface area contributed by atoms with Crippen LogP contribution in [-0.4, -0.2) is 11.0 Å². The van der Waals surface area contributed by atoms with E-state index < -0.39 is 46.9 Å². The van der Waals surface area contributed by atoms with Crippen molar-refractivity contribution < 1.29 is 35.5 Å². The minimum Gasteiger partial charge on any atom is -0.327 e. The Morgan fingerprint density at radius 1 is 0.875 bits per heavy atom. The van der Waals surface area contributed by atoms with Crippen LogP contribution in [0.15, 0.2) is 67.0 Å². The quantitative estimate of drug-likeness (QED) is 0.461. The number of hydrogen-bond acceptors (Lipinski definition) is 2. The topological polar surface area (TPSA) is 54.0 Å². The number of anilines is 1. The van der Waals surface area contributed by atoms with E-state index in [1.165, 1.54) is 30.6 Å². The molecule has 0 fully saturated rings. The van der Waals surface area contributed by atoms with Crippen molar-refractivity contribution in [2.45, 2.75) is 18.4 Å². The summed E-state index contributed by atoms with van der Waals surface area (Å²) in [5.41, 5.74) is -3.28. The molecular weight excluding hydrogens is 443 g/mol. The van der Waals surface area contributed by atoms with E-state index >= 15 is 0 Å². The maximum atomic E-state index is 14.2. The van der Waals surface area contributed by atoms with Crippen LogP contribution in [0.2, 0.25) is 0 Å². The van der Waals surface area contributed by atoms with Gasteiger partial charge in [0.1, 0.15) is 5.82 Å². The second-order valence-electron chi connectivity index (χ2n) is 6.60. The maximum absolute atomic E-state index is 14.2. The average Bonchev–Trinajstić information content (AvgIpc) is 2.71. The molecule has 3 aromatic rings. The third kappa shape index (κ3) is 5.34. The van der Waals surface area contributed by atoms with Crippen LogP contribution < -0.4 is 10.6 Å². The molecule has 0 aliphatic heterocycles. The summed E-state index contributed by atoms with van der Waals surface area (Å²) in [7, 11) is 0. The summed E-state index contributed by atoms with van der Waals surface area (Å²) >= 11 is 0. The van der Waals surface area contributed by atoms with Gasteiger partial charge in [-0.25, -0.2) is 9.18 Å². The lowest BCUT2D eigenvalue weighted by atomic mass is 9.93. The molecule has 32 heavy (non-hydrogen) atoms. The molecule has 0 bridgehead atoms. The van der Waals surface area contributed by atoms with E-state index in [2.05, 4.69) is 15.6 Å². The molecule has 1 atom stereocenters. The van der Waals surface area contributed by atoms with Crippen molar-refractivity contribution in [1.82, 2.24) is 10.3 Å². The maximum Gasteiger partial charge on any atom is 0.419 e. The number of carbonyl (C=O) groups is 1. The molecule has 2 amide bonds. The fraction of sp³-hybridized carbons (Fsp3) is 0.143. The SMILES string of the molecule is O=C(Nc1cccnc1)N[C@@H](c1ccc(C(F)(F)F)c(F)c1)c1ccccc1C(F)(F)F. The summed E-state index contributed by atoms with van der Waals surface area (Å²) in [6, 6.07) is 6.23. The summed E-state index contributed by atoms with van der Waals surface area (Å²) in [4.78, 5) is 16.2. The average molecular weight is 457 g/mol. The number of carbonyl (C=O) groups excluding carboxylic acids is 1. The van der Waals surface area contributed by atoms with Gasteiger partial charge in [0.05, 0.1) is 29.1 Å². The summed E-state index contributed by atoms with van der Waals surface area (Å²) < 4.78 is 93.5. The Labute approximate surface area is 177 Å². The van der Waals surface area contributed by atoms with Crippen molar-refractivity contribution in [2.24, 2.45) is 0 Å². The molecule has 3 rings (SSSR count). The van der Waals surface area contributed by atoms with Crippen LogP contribution in [0, 0.1) is 5.82 Å². The van der Waals surface area contributed by atoms with E-state index in [4.69, 9.17) is 0 Å². The Morgan fingerprint density at radius 2 is 1.56 bits per heavy atom. The van der Waals surface area contributed by atoms with Crippen LogP contribution in [0.5, 0.6) is 0 Å². The number of halogens is 7. The summed E-state index contributed by atoms with van der Waals surface area (Å²) in [6.45, 7) is 0. The zero-order valence-electron chi connectivity index (χ0n) is 15.9. The highest BCUT2D eigenvalue weighted by molar-refractivity contribution is 5.89. The van der Waals surface area contributed by atoms with Gasteiger partial charge in [0.15, 0.2) is 0 Å². The first-order valence-electron chi connectivity index (χ1n) is 8.97. The van der Waals surface area contributed by atoms with E-state index in [-0.39, 0.29) is 11.3 Å². The van der Waals surface area contributed by atoms with Crippen molar-refractivity contribution in [2.75, 3.05) is 5.32 Å². The highest BCUT2D eigenvalue weighted by atomic mass is 19.4. The van der Waals surface area contributed by atoms with E-state index in [9.17, 15) is 35.5 Å². The first kappa shape index (κ1) is 23.0. The minimum atomic E-state index is -4.99. The van der Waals surface area contributed by atoms with Crippen molar-refractivity contribution in [3.05, 3.63) is 95.1 Å². The van der Waals surface area contributed by atoms with Gasteiger partial charge >= 0.3 is 18.4 Å². The van der Waals surface area contributed by atoms with Gasteiger partial charge in [-0.15, -0.1) is 0 Å². The lowest BCUT2D eigenvalue weighted by molar-refractivity contribution is -0.140. The number of rotatable bonds is 4. The van der Waals surface area contributed by atoms with Gasteiger partial charge in [0.25, 0.3) is 0 Å². The number of alkyl halides is 6. The Bertz CT molecular complexity index is 1100. The van der Waals surface area contributed by atoms with Gasteiger partial charge < -0.3 is 10.6 Å². The number of pyridine rings is 1. The summed E-state index contributed by atoms with van der Waals surface area (Å²) in [5.74, 6) is -1.68. The number of nitrogens with one attached hydrogen (secondary N) is 2. The minimum absolute atomic E-state index is 0.214. The molecule has 2 aromatic carbocycles. The van der Waals surface area contributed by atoms with E-state index in [0.717, 1.165) is 24.3 Å². The van der Waals surface area contributed by atoms with Crippen molar-refractivity contribution >= 4 is 11.7 Å². The molecule has 11 heteroatoms. The molecule has 0 saturated carbocycles. The van der Waals surface area contributed by atoms with Crippen molar-refractivity contribution in [3.63, 3.8) is 0 Å². The van der Waals surface area contributed by atoms with Gasteiger partial charge in [-0.3, -0.25) is 4.98 Å². The van der Waals surface area contributed by atoms with Crippen molar-refractivity contribution in [3.8, 4) is 0 Å². The molecule has 1 aromatic heterocycles. The largest absolute Gasteiger partial charge is 0.419 e. The van der Waals surface area contributed by atoms with Gasteiger partial charge in [-0.05, 0) is 41.5 Å². The lowest BCUT2D eigenvalue weighted by Gasteiger charge is -2.24. The molecule has 0 aliphatic carbocycles. The standard InChI is InChI=1S/C21H14F7N3O/c22-17-10-12(7-8-16(17)21(26,27)28)18(14-5-1-2-6-15(14)20(23,24)25)31-19(32)30-13-4-3-9-29-11-13/h1-11,18H,(H2,30,31,32)/t18-/m0/s1. The van der Waals surface area contributed by atoms with Crippen LogP contribution in [0.3, 0.4) is 0 Å². The number of aromatic nitrogens is 1. The fourth-order valence-corrected chi connectivity index (χ4v) is 3.02. The van der Waals surface area contributed by atoms with Crippen LogP contribution in [0.25, 0.3) is 0 Å². The van der Waals surface area contributed by atoms with E-state index in [0.29, 0.717) is 12.1 Å². The van der Waals surface area contributed by atoms with Gasteiger partial charge in [0.2, 0.25) is 0 Å². The molecule has 168 valence electrons. The molecule has 0 aliphatic rings. The van der Waals surface area contributed by atoms with Crippen LogP contribution in [-0.2, 0) is 12.4 Å². The number of benzene rings is 2. The Kier molecular flexibility index (Phi) is 6.37. The highest BCUT2D eigenvalue weighted by Crippen LogP contribution is 2.38. The smallest absolute Gasteiger partial charge is 0.327 e. The second-order valence-corrected chi connectivity index (χ2v) is 6.60. The molecular formula is C21H14F7N3O. The summed E-state index contributed by atoms with van der Waals surface area (Å²) in [5, 5.41) is 4.62. The molecule has 0 unspecified atom stereocenters. The van der Waals surface area contributed by atoms with E-state index in [1.807, 2.05) is 0 Å². The molecule has 0 saturated heterocycles. The lowest BCUT2D eigenvalue weighted by Crippen LogP contribution is -2.34. The summed E-state index contributed by atoms with van der Waals surface area (Å²) in [6.07, 6.45) is -7.12. The van der Waals surface area contributed by atoms with Gasteiger partial charge in [-0.2, -0.15) is 26.3 Å². The number of urea groups is 1. The van der Waals surface area contributed by atoms with Crippen LogP contribution in [0.4, 0.5) is 41.2 Å². The Hall–Kier alpha value is -3.63. The third-order valence-electron chi connectivity index (χ3n) is 4.40. The second kappa shape index (κ2) is 8.85. The van der Waals surface area contributed by atoms with Crippen LogP contribution in [0.1, 0.15) is 28.3 Å². The number of amides is 2. The fourth-order valence-electron chi connectivity index (χ4n) is 3.02. The molecule has 2 N–H and O–H groups in total. The number of hydrogen-bond donors (Lipinski definition) is 2. The third-order valence-corrected chi connectivity index (χ3v) is 4.40. The monoisotopic (exact) mass is 457 g/mol. The zero-order chi connectivity index (χ0) is 23.5. The predicted octanol–water partition coefficient (Wildman–Crippen LogP) is 6.17. The molecule has 1 heterocycles. The molecule has 0 radical (unpaired) electrons. The first-order chi connectivity index (χ1) is 15.0. The predicted molar refractivity (Wildman–Crippen MR) is 101 cm³/mol. The first-order valence-corrected chi connectivity index (χ1v) is 8.97. The van der Waals surface area contributed by atoms with Gasteiger partial charge in [-0.1, -0.05) is 24.3 Å². The van der Waals surface area contributed by atoms with Crippen molar-refractivity contribution in [1.29, 1.82) is 0 Å². The zero-order valence-corrected chi connectivity index (χ0v) is 15.9. The highest BCUT2D eigenvalue weighted by Gasteiger charge is 2.37. The van der Waals surface area contributed by atoms with E-state index in [1.54, 1.807) is 0 Å². The number of nitrogens with zero attached hydrogens (tertiary/aromatic N) is 1. The Balaban J connectivity index is 2.05. The molecule has 0 spiro atoms.